The van der Waals surface area contributed by atoms with Crippen LogP contribution in [0.2, 0.25) is 0 Å². The quantitative estimate of drug-likeness (QED) is 0.806. The SMILES string of the molecule is CCCNC1CCCC1N(C)C1CCCCC1C. The van der Waals surface area contributed by atoms with Crippen molar-refractivity contribution in [1.82, 2.24) is 10.2 Å². The molecular formula is C16H32N2. The lowest BCUT2D eigenvalue weighted by Crippen LogP contribution is -2.51. The zero-order valence-electron chi connectivity index (χ0n) is 12.6. The third-order valence-electron chi connectivity index (χ3n) is 5.25. The van der Waals surface area contributed by atoms with E-state index in [0.29, 0.717) is 0 Å². The molecule has 2 aliphatic rings. The molecule has 2 saturated carbocycles. The molecule has 0 aromatic rings. The van der Waals surface area contributed by atoms with E-state index in [4.69, 9.17) is 0 Å². The molecule has 0 radical (unpaired) electrons. The third kappa shape index (κ3) is 3.27. The van der Waals surface area contributed by atoms with Crippen LogP contribution in [0.15, 0.2) is 0 Å². The molecule has 0 saturated heterocycles. The molecule has 4 unspecified atom stereocenters. The van der Waals surface area contributed by atoms with Gasteiger partial charge in [-0.2, -0.15) is 0 Å². The Labute approximate surface area is 114 Å². The molecular weight excluding hydrogens is 220 g/mol. The molecule has 2 heteroatoms. The second-order valence-electron chi connectivity index (χ2n) is 6.55. The van der Waals surface area contributed by atoms with E-state index >= 15 is 0 Å². The van der Waals surface area contributed by atoms with E-state index in [0.717, 1.165) is 24.0 Å². The van der Waals surface area contributed by atoms with Crippen molar-refractivity contribution in [1.29, 1.82) is 0 Å². The average molecular weight is 252 g/mol. The number of rotatable bonds is 5. The minimum Gasteiger partial charge on any atom is -0.312 e. The molecule has 0 aliphatic heterocycles. The van der Waals surface area contributed by atoms with E-state index in [1.54, 1.807) is 0 Å². The fourth-order valence-electron chi connectivity index (χ4n) is 4.14. The predicted octanol–water partition coefficient (Wildman–Crippen LogP) is 3.42. The second-order valence-corrected chi connectivity index (χ2v) is 6.55. The molecule has 1 N–H and O–H groups in total. The Hall–Kier alpha value is -0.0800. The molecule has 0 aromatic heterocycles. The number of hydrogen-bond acceptors (Lipinski definition) is 2. The Balaban J connectivity index is 1.91. The monoisotopic (exact) mass is 252 g/mol. The number of likely N-dealkylation sites (N-methyl/N-ethyl adjacent to an activating group) is 1. The van der Waals surface area contributed by atoms with Crippen molar-refractivity contribution >= 4 is 0 Å². The summed E-state index contributed by atoms with van der Waals surface area (Å²) in [5.74, 6) is 0.899. The van der Waals surface area contributed by atoms with Crippen LogP contribution in [0.3, 0.4) is 0 Å². The van der Waals surface area contributed by atoms with E-state index in [1.165, 1.54) is 57.9 Å². The minimum absolute atomic E-state index is 0.754. The lowest BCUT2D eigenvalue weighted by molar-refractivity contribution is 0.0859. The molecule has 18 heavy (non-hydrogen) atoms. The van der Waals surface area contributed by atoms with Crippen LogP contribution in [0.1, 0.15) is 65.2 Å². The van der Waals surface area contributed by atoms with Crippen LogP contribution < -0.4 is 5.32 Å². The molecule has 0 aromatic carbocycles. The standard InChI is InChI=1S/C16H32N2/c1-4-12-17-14-9-7-11-16(14)18(3)15-10-6-5-8-13(15)2/h13-17H,4-12H2,1-3H3. The first-order chi connectivity index (χ1) is 8.74. The normalized spacial score (nSPS) is 37.3. The molecule has 0 spiro atoms. The second kappa shape index (κ2) is 6.91. The van der Waals surface area contributed by atoms with Gasteiger partial charge < -0.3 is 5.32 Å². The van der Waals surface area contributed by atoms with E-state index in [-0.39, 0.29) is 0 Å². The van der Waals surface area contributed by atoms with Gasteiger partial charge in [0.05, 0.1) is 0 Å². The van der Waals surface area contributed by atoms with Gasteiger partial charge in [-0.3, -0.25) is 4.90 Å². The molecule has 106 valence electrons. The van der Waals surface area contributed by atoms with Crippen molar-refractivity contribution in [2.45, 2.75) is 83.3 Å². The van der Waals surface area contributed by atoms with E-state index in [2.05, 4.69) is 31.1 Å². The molecule has 2 fully saturated rings. The summed E-state index contributed by atoms with van der Waals surface area (Å²) >= 11 is 0. The Morgan fingerprint density at radius 1 is 1.00 bits per heavy atom. The van der Waals surface area contributed by atoms with Crippen LogP contribution in [0.25, 0.3) is 0 Å². The van der Waals surface area contributed by atoms with Crippen molar-refractivity contribution in [2.75, 3.05) is 13.6 Å². The summed E-state index contributed by atoms with van der Waals surface area (Å²) in [6.07, 6.45) is 11.2. The fraction of sp³-hybridized carbons (Fsp3) is 1.00. The summed E-state index contributed by atoms with van der Waals surface area (Å²) < 4.78 is 0. The van der Waals surface area contributed by atoms with Crippen LogP contribution in [0, 0.1) is 5.92 Å². The first-order valence-corrected chi connectivity index (χ1v) is 8.19. The fourth-order valence-corrected chi connectivity index (χ4v) is 4.14. The molecule has 0 amide bonds. The summed E-state index contributed by atoms with van der Waals surface area (Å²) in [6, 6.07) is 2.39. The average Bonchev–Trinajstić information content (AvgIpc) is 2.84. The lowest BCUT2D eigenvalue weighted by atomic mass is 9.84. The summed E-state index contributed by atoms with van der Waals surface area (Å²) in [4.78, 5) is 2.74. The molecule has 0 bridgehead atoms. The number of nitrogens with one attached hydrogen (secondary N) is 1. The third-order valence-corrected chi connectivity index (χ3v) is 5.25. The van der Waals surface area contributed by atoms with E-state index < -0.39 is 0 Å². The van der Waals surface area contributed by atoms with Crippen molar-refractivity contribution in [2.24, 2.45) is 5.92 Å². The van der Waals surface area contributed by atoms with Crippen LogP contribution in [-0.2, 0) is 0 Å². The Morgan fingerprint density at radius 3 is 2.44 bits per heavy atom. The molecule has 2 nitrogen and oxygen atoms in total. The summed E-state index contributed by atoms with van der Waals surface area (Å²) in [5, 5.41) is 3.77. The van der Waals surface area contributed by atoms with Crippen molar-refractivity contribution in [3.63, 3.8) is 0 Å². The first-order valence-electron chi connectivity index (χ1n) is 8.19. The van der Waals surface area contributed by atoms with Gasteiger partial charge >= 0.3 is 0 Å². The van der Waals surface area contributed by atoms with Gasteiger partial charge in [0.15, 0.2) is 0 Å². The highest BCUT2D eigenvalue weighted by Gasteiger charge is 2.35. The van der Waals surface area contributed by atoms with Crippen molar-refractivity contribution < 1.29 is 0 Å². The highest BCUT2D eigenvalue weighted by Crippen LogP contribution is 2.32. The zero-order chi connectivity index (χ0) is 13.0. The topological polar surface area (TPSA) is 15.3 Å². The van der Waals surface area contributed by atoms with Gasteiger partial charge in [0.2, 0.25) is 0 Å². The molecule has 2 aliphatic carbocycles. The van der Waals surface area contributed by atoms with Gasteiger partial charge in [-0.1, -0.05) is 33.1 Å². The highest BCUT2D eigenvalue weighted by molar-refractivity contribution is 4.93. The van der Waals surface area contributed by atoms with Gasteiger partial charge in [0, 0.05) is 18.1 Å². The van der Waals surface area contributed by atoms with Crippen molar-refractivity contribution in [3.05, 3.63) is 0 Å². The maximum absolute atomic E-state index is 3.77. The van der Waals surface area contributed by atoms with E-state index in [1.807, 2.05) is 0 Å². The Bertz CT molecular complexity index is 241. The number of hydrogen-bond donors (Lipinski definition) is 1. The largest absolute Gasteiger partial charge is 0.312 e. The summed E-state index contributed by atoms with van der Waals surface area (Å²) in [7, 11) is 2.39. The van der Waals surface area contributed by atoms with Gasteiger partial charge in [0.25, 0.3) is 0 Å². The zero-order valence-corrected chi connectivity index (χ0v) is 12.6. The van der Waals surface area contributed by atoms with Crippen LogP contribution in [-0.4, -0.2) is 36.6 Å². The van der Waals surface area contributed by atoms with Crippen molar-refractivity contribution in [3.8, 4) is 0 Å². The van der Waals surface area contributed by atoms with Crippen LogP contribution in [0.4, 0.5) is 0 Å². The predicted molar refractivity (Wildman–Crippen MR) is 78.9 cm³/mol. The van der Waals surface area contributed by atoms with Crippen LogP contribution in [0.5, 0.6) is 0 Å². The molecule has 2 rings (SSSR count). The maximum atomic E-state index is 3.77. The van der Waals surface area contributed by atoms with Gasteiger partial charge in [0.1, 0.15) is 0 Å². The maximum Gasteiger partial charge on any atom is 0.0249 e. The van der Waals surface area contributed by atoms with E-state index in [9.17, 15) is 0 Å². The summed E-state index contributed by atoms with van der Waals surface area (Å²) in [5.41, 5.74) is 0. The minimum atomic E-state index is 0.754. The summed E-state index contributed by atoms with van der Waals surface area (Å²) in [6.45, 7) is 5.92. The highest BCUT2D eigenvalue weighted by atomic mass is 15.2. The molecule has 4 atom stereocenters. The van der Waals surface area contributed by atoms with Gasteiger partial charge in [-0.25, -0.2) is 0 Å². The Kier molecular flexibility index (Phi) is 5.50. The van der Waals surface area contributed by atoms with Gasteiger partial charge in [-0.15, -0.1) is 0 Å². The first kappa shape index (κ1) is 14.3. The smallest absolute Gasteiger partial charge is 0.0249 e. The van der Waals surface area contributed by atoms with Crippen LogP contribution >= 0.6 is 0 Å². The van der Waals surface area contributed by atoms with Gasteiger partial charge in [-0.05, 0) is 51.6 Å². The Morgan fingerprint density at radius 2 is 1.72 bits per heavy atom. The lowest BCUT2D eigenvalue weighted by Gasteiger charge is -2.41. The number of nitrogens with zero attached hydrogens (tertiary/aromatic N) is 1. The molecule has 0 heterocycles.